The molecule has 0 aliphatic rings. The van der Waals surface area contributed by atoms with Crippen LogP contribution in [0.25, 0.3) is 10.2 Å². The highest BCUT2D eigenvalue weighted by Crippen LogP contribution is 2.27. The van der Waals surface area contributed by atoms with Crippen molar-refractivity contribution in [2.45, 2.75) is 6.42 Å². The van der Waals surface area contributed by atoms with Gasteiger partial charge in [0.05, 0.1) is 16.5 Å². The zero-order valence-corrected chi connectivity index (χ0v) is 10.5. The Labute approximate surface area is 108 Å². The van der Waals surface area contributed by atoms with Gasteiger partial charge in [0.15, 0.2) is 5.13 Å². The Balaban J connectivity index is 1.67. The van der Waals surface area contributed by atoms with Crippen LogP contribution in [-0.4, -0.2) is 11.5 Å². The van der Waals surface area contributed by atoms with Gasteiger partial charge in [0, 0.05) is 18.7 Å². The van der Waals surface area contributed by atoms with E-state index in [1.54, 1.807) is 17.6 Å². The first-order valence-electron chi connectivity index (χ1n) is 5.73. The minimum atomic E-state index is 0.772. The fourth-order valence-electron chi connectivity index (χ4n) is 1.76. The molecule has 0 radical (unpaired) electrons. The van der Waals surface area contributed by atoms with Crippen LogP contribution >= 0.6 is 11.3 Å². The number of hydrogen-bond donors (Lipinski definition) is 2. The van der Waals surface area contributed by atoms with Crippen molar-refractivity contribution in [1.29, 1.82) is 0 Å². The maximum atomic E-state index is 5.74. The molecule has 3 rings (SSSR count). The number of nitrogen functional groups attached to an aromatic ring is 1. The Bertz CT molecular complexity index is 645. The van der Waals surface area contributed by atoms with E-state index in [0.29, 0.717) is 0 Å². The molecule has 0 spiro atoms. The van der Waals surface area contributed by atoms with E-state index in [1.807, 2.05) is 30.3 Å². The number of anilines is 2. The zero-order valence-electron chi connectivity index (χ0n) is 9.72. The molecule has 4 nitrogen and oxygen atoms in total. The van der Waals surface area contributed by atoms with Crippen LogP contribution in [0.4, 0.5) is 10.8 Å². The highest BCUT2D eigenvalue weighted by Gasteiger charge is 2.03. The summed E-state index contributed by atoms with van der Waals surface area (Å²) in [5.41, 5.74) is 7.50. The van der Waals surface area contributed by atoms with Gasteiger partial charge in [-0.25, -0.2) is 4.98 Å². The number of fused-ring (bicyclic) bond motifs is 1. The highest BCUT2D eigenvalue weighted by molar-refractivity contribution is 7.22. The largest absolute Gasteiger partial charge is 0.469 e. The van der Waals surface area contributed by atoms with Crippen molar-refractivity contribution >= 4 is 32.4 Å². The molecule has 3 aromatic rings. The Morgan fingerprint density at radius 1 is 1.33 bits per heavy atom. The molecule has 0 unspecified atom stereocenters. The van der Waals surface area contributed by atoms with Gasteiger partial charge in [-0.1, -0.05) is 11.3 Å². The predicted molar refractivity (Wildman–Crippen MR) is 74.9 cm³/mol. The molecule has 0 saturated heterocycles. The number of nitrogens with two attached hydrogens (primary N) is 1. The minimum absolute atomic E-state index is 0.772. The normalized spacial score (nSPS) is 10.9. The van der Waals surface area contributed by atoms with Gasteiger partial charge in [0.1, 0.15) is 5.76 Å². The molecule has 0 aliphatic carbocycles. The van der Waals surface area contributed by atoms with Gasteiger partial charge in [-0.15, -0.1) is 0 Å². The third kappa shape index (κ3) is 2.31. The number of aromatic nitrogens is 1. The van der Waals surface area contributed by atoms with Crippen molar-refractivity contribution in [3.05, 3.63) is 42.4 Å². The number of benzene rings is 1. The van der Waals surface area contributed by atoms with Crippen LogP contribution in [-0.2, 0) is 6.42 Å². The minimum Gasteiger partial charge on any atom is -0.469 e. The molecular formula is C13H13N3OS. The lowest BCUT2D eigenvalue weighted by atomic mass is 10.3. The number of thiazole rings is 1. The second-order valence-electron chi connectivity index (χ2n) is 4.00. The smallest absolute Gasteiger partial charge is 0.183 e. The first-order chi connectivity index (χ1) is 8.81. The molecule has 0 atom stereocenters. The third-order valence-corrected chi connectivity index (χ3v) is 3.62. The molecule has 0 saturated carbocycles. The Morgan fingerprint density at radius 3 is 3.11 bits per heavy atom. The van der Waals surface area contributed by atoms with Crippen molar-refractivity contribution in [3.63, 3.8) is 0 Å². The quantitative estimate of drug-likeness (QED) is 0.706. The van der Waals surface area contributed by atoms with Gasteiger partial charge < -0.3 is 15.5 Å². The van der Waals surface area contributed by atoms with E-state index in [0.717, 1.165) is 39.8 Å². The standard InChI is InChI=1S/C13H13N3OS/c14-9-3-4-11-12(8-9)18-13(16-11)15-6-5-10-2-1-7-17-10/h1-4,7-8H,5-6,14H2,(H,15,16). The van der Waals surface area contributed by atoms with Crippen LogP contribution in [0, 0.1) is 0 Å². The first-order valence-corrected chi connectivity index (χ1v) is 6.55. The molecule has 2 heterocycles. The summed E-state index contributed by atoms with van der Waals surface area (Å²) in [5, 5.41) is 4.22. The van der Waals surface area contributed by atoms with Crippen LogP contribution in [0.2, 0.25) is 0 Å². The zero-order chi connectivity index (χ0) is 12.4. The average Bonchev–Trinajstić information content (AvgIpc) is 2.97. The van der Waals surface area contributed by atoms with E-state index in [9.17, 15) is 0 Å². The summed E-state index contributed by atoms with van der Waals surface area (Å²) in [7, 11) is 0. The molecular weight excluding hydrogens is 246 g/mol. The Kier molecular flexibility index (Phi) is 2.90. The van der Waals surface area contributed by atoms with E-state index in [2.05, 4.69) is 10.3 Å². The van der Waals surface area contributed by atoms with Gasteiger partial charge in [0.25, 0.3) is 0 Å². The molecule has 3 N–H and O–H groups in total. The van der Waals surface area contributed by atoms with Gasteiger partial charge in [0.2, 0.25) is 0 Å². The molecule has 18 heavy (non-hydrogen) atoms. The summed E-state index contributed by atoms with van der Waals surface area (Å²) >= 11 is 1.62. The Morgan fingerprint density at radius 2 is 2.28 bits per heavy atom. The van der Waals surface area contributed by atoms with Crippen LogP contribution in [0.15, 0.2) is 41.0 Å². The van der Waals surface area contributed by atoms with Crippen LogP contribution in [0.1, 0.15) is 5.76 Å². The topological polar surface area (TPSA) is 64.1 Å². The number of hydrogen-bond acceptors (Lipinski definition) is 5. The predicted octanol–water partition coefficient (Wildman–Crippen LogP) is 3.13. The van der Waals surface area contributed by atoms with E-state index < -0.39 is 0 Å². The van der Waals surface area contributed by atoms with Crippen LogP contribution in [0.3, 0.4) is 0 Å². The van der Waals surface area contributed by atoms with Gasteiger partial charge >= 0.3 is 0 Å². The summed E-state index contributed by atoms with van der Waals surface area (Å²) in [4.78, 5) is 4.49. The second kappa shape index (κ2) is 4.70. The summed E-state index contributed by atoms with van der Waals surface area (Å²) < 4.78 is 6.38. The molecule has 0 amide bonds. The lowest BCUT2D eigenvalue weighted by Crippen LogP contribution is -2.03. The SMILES string of the molecule is Nc1ccc2nc(NCCc3ccco3)sc2c1. The second-order valence-corrected chi connectivity index (χ2v) is 5.03. The maximum absolute atomic E-state index is 5.74. The Hall–Kier alpha value is -2.01. The van der Waals surface area contributed by atoms with Gasteiger partial charge in [-0.2, -0.15) is 0 Å². The molecule has 0 aliphatic heterocycles. The summed E-state index contributed by atoms with van der Waals surface area (Å²) in [6.07, 6.45) is 2.54. The lowest BCUT2D eigenvalue weighted by Gasteiger charge is -1.99. The van der Waals surface area contributed by atoms with E-state index >= 15 is 0 Å². The molecule has 5 heteroatoms. The van der Waals surface area contributed by atoms with Crippen molar-refractivity contribution in [2.75, 3.05) is 17.6 Å². The average molecular weight is 259 g/mol. The number of furan rings is 1. The van der Waals surface area contributed by atoms with Crippen molar-refractivity contribution in [3.8, 4) is 0 Å². The summed E-state index contributed by atoms with van der Waals surface area (Å²) in [6, 6.07) is 9.63. The van der Waals surface area contributed by atoms with Crippen molar-refractivity contribution < 1.29 is 4.42 Å². The summed E-state index contributed by atoms with van der Waals surface area (Å²) in [6.45, 7) is 0.808. The maximum Gasteiger partial charge on any atom is 0.183 e. The lowest BCUT2D eigenvalue weighted by molar-refractivity contribution is 0.513. The molecule has 1 aromatic carbocycles. The molecule has 92 valence electrons. The first kappa shape index (κ1) is 11.1. The summed E-state index contributed by atoms with van der Waals surface area (Å²) in [5.74, 6) is 0.979. The monoisotopic (exact) mass is 259 g/mol. The van der Waals surface area contributed by atoms with E-state index in [1.165, 1.54) is 0 Å². The van der Waals surface area contributed by atoms with Gasteiger partial charge in [-0.3, -0.25) is 0 Å². The van der Waals surface area contributed by atoms with Crippen molar-refractivity contribution in [2.24, 2.45) is 0 Å². The highest BCUT2D eigenvalue weighted by atomic mass is 32.1. The fourth-order valence-corrected chi connectivity index (χ4v) is 2.70. The molecule has 0 bridgehead atoms. The van der Waals surface area contributed by atoms with Crippen LogP contribution < -0.4 is 11.1 Å². The molecule has 0 fully saturated rings. The van der Waals surface area contributed by atoms with Crippen molar-refractivity contribution in [1.82, 2.24) is 4.98 Å². The van der Waals surface area contributed by atoms with E-state index in [-0.39, 0.29) is 0 Å². The number of nitrogens with one attached hydrogen (secondary N) is 1. The number of nitrogens with zero attached hydrogens (tertiary/aromatic N) is 1. The van der Waals surface area contributed by atoms with Crippen LogP contribution in [0.5, 0.6) is 0 Å². The fraction of sp³-hybridized carbons (Fsp3) is 0.154. The van der Waals surface area contributed by atoms with Gasteiger partial charge in [-0.05, 0) is 30.3 Å². The van der Waals surface area contributed by atoms with E-state index in [4.69, 9.17) is 10.2 Å². The number of rotatable bonds is 4. The third-order valence-electron chi connectivity index (χ3n) is 2.64. The molecule has 2 aromatic heterocycles.